The highest BCUT2D eigenvalue weighted by Gasteiger charge is 2.28. The van der Waals surface area contributed by atoms with E-state index in [1.165, 1.54) is 11.1 Å². The van der Waals surface area contributed by atoms with Crippen LogP contribution in [0.4, 0.5) is 10.5 Å². The van der Waals surface area contributed by atoms with Crippen molar-refractivity contribution in [2.24, 2.45) is 0 Å². The molecule has 1 saturated heterocycles. The van der Waals surface area contributed by atoms with Crippen molar-refractivity contribution in [2.45, 2.75) is 58.3 Å². The normalized spacial score (nSPS) is 14.6. The van der Waals surface area contributed by atoms with Gasteiger partial charge in [-0.15, -0.1) is 0 Å². The monoisotopic (exact) mass is 462 g/mol. The summed E-state index contributed by atoms with van der Waals surface area (Å²) in [4.78, 5) is 19.7. The van der Waals surface area contributed by atoms with Crippen molar-refractivity contribution in [3.63, 3.8) is 0 Å². The molecule has 0 radical (unpaired) electrons. The first kappa shape index (κ1) is 23.8. The van der Waals surface area contributed by atoms with Gasteiger partial charge in [0.2, 0.25) is 11.7 Å². The van der Waals surface area contributed by atoms with Crippen LogP contribution < -0.4 is 10.1 Å². The molecule has 2 amide bonds. The second-order valence-corrected chi connectivity index (χ2v) is 9.50. The molecule has 2 heterocycles. The van der Waals surface area contributed by atoms with E-state index in [-0.39, 0.29) is 11.9 Å². The third kappa shape index (κ3) is 5.08. The zero-order chi connectivity index (χ0) is 24.2. The van der Waals surface area contributed by atoms with Crippen molar-refractivity contribution in [2.75, 3.05) is 25.5 Å². The summed E-state index contributed by atoms with van der Waals surface area (Å²) in [6, 6.07) is 13.9. The molecule has 0 saturated carbocycles. The fourth-order valence-electron chi connectivity index (χ4n) is 4.49. The number of rotatable bonds is 6. The van der Waals surface area contributed by atoms with Gasteiger partial charge >= 0.3 is 6.03 Å². The van der Waals surface area contributed by atoms with Crippen LogP contribution in [0.2, 0.25) is 0 Å². The Balaban J connectivity index is 1.41. The number of nitrogens with zero attached hydrogens (tertiary/aromatic N) is 3. The lowest BCUT2D eigenvalue weighted by molar-refractivity contribution is 0.187. The van der Waals surface area contributed by atoms with Gasteiger partial charge in [-0.25, -0.2) is 4.79 Å². The molecule has 0 spiro atoms. The Morgan fingerprint density at radius 1 is 1.06 bits per heavy atom. The number of para-hydroxylation sites is 1. The van der Waals surface area contributed by atoms with E-state index in [1.807, 2.05) is 29.2 Å². The van der Waals surface area contributed by atoms with Gasteiger partial charge in [0.05, 0.1) is 7.11 Å². The molecule has 4 rings (SSSR count). The van der Waals surface area contributed by atoms with Crippen LogP contribution in [0, 0.1) is 0 Å². The topological polar surface area (TPSA) is 80.5 Å². The molecule has 3 aromatic rings. The molecule has 2 aromatic carbocycles. The van der Waals surface area contributed by atoms with Crippen LogP contribution in [-0.4, -0.2) is 41.3 Å². The molecule has 180 valence electrons. The lowest BCUT2D eigenvalue weighted by Crippen LogP contribution is -2.41. The predicted octanol–water partition coefficient (Wildman–Crippen LogP) is 6.40. The van der Waals surface area contributed by atoms with Crippen molar-refractivity contribution in [1.29, 1.82) is 0 Å². The maximum atomic E-state index is 13.2. The lowest BCUT2D eigenvalue weighted by atomic mass is 9.92. The number of aromatic nitrogens is 2. The first-order valence-corrected chi connectivity index (χ1v) is 12.0. The van der Waals surface area contributed by atoms with Gasteiger partial charge in [-0.2, -0.15) is 4.98 Å². The third-order valence-corrected chi connectivity index (χ3v) is 6.51. The highest BCUT2D eigenvalue weighted by Crippen LogP contribution is 2.34. The van der Waals surface area contributed by atoms with Crippen LogP contribution in [0.25, 0.3) is 11.4 Å². The molecule has 1 aliphatic heterocycles. The van der Waals surface area contributed by atoms with E-state index in [1.54, 1.807) is 7.11 Å². The molecule has 1 N–H and O–H groups in total. The number of piperidine rings is 1. The summed E-state index contributed by atoms with van der Waals surface area (Å²) in [7, 11) is 1.63. The van der Waals surface area contributed by atoms with E-state index < -0.39 is 0 Å². The minimum absolute atomic E-state index is 0.0453. The first-order chi connectivity index (χ1) is 16.4. The Bertz CT molecular complexity index is 1100. The van der Waals surface area contributed by atoms with Crippen molar-refractivity contribution < 1.29 is 14.1 Å². The number of ether oxygens (including phenoxy) is 1. The predicted molar refractivity (Wildman–Crippen MR) is 133 cm³/mol. The van der Waals surface area contributed by atoms with Crippen molar-refractivity contribution >= 4 is 11.7 Å². The highest BCUT2D eigenvalue weighted by molar-refractivity contribution is 5.91. The van der Waals surface area contributed by atoms with Crippen LogP contribution >= 0.6 is 0 Å². The Morgan fingerprint density at radius 2 is 1.71 bits per heavy atom. The lowest BCUT2D eigenvalue weighted by Gasteiger charge is -2.31. The molecule has 0 atom stereocenters. The second kappa shape index (κ2) is 10.3. The average Bonchev–Trinajstić information content (AvgIpc) is 3.34. The number of carbonyl (C=O) groups is 1. The van der Waals surface area contributed by atoms with Crippen LogP contribution in [0.5, 0.6) is 5.75 Å². The van der Waals surface area contributed by atoms with Crippen molar-refractivity contribution in [3.05, 3.63) is 59.5 Å². The molecule has 0 aliphatic carbocycles. The van der Waals surface area contributed by atoms with Gasteiger partial charge in [0, 0.05) is 30.3 Å². The van der Waals surface area contributed by atoms with Crippen LogP contribution in [0.1, 0.15) is 75.3 Å². The minimum Gasteiger partial charge on any atom is -0.497 e. The number of carbonyl (C=O) groups excluding carboxylic acids is 1. The molecule has 1 aliphatic rings. The molecule has 7 nitrogen and oxygen atoms in total. The number of hydrogen-bond donors (Lipinski definition) is 1. The number of amides is 2. The fourth-order valence-corrected chi connectivity index (χ4v) is 4.49. The van der Waals surface area contributed by atoms with Crippen LogP contribution in [-0.2, 0) is 0 Å². The van der Waals surface area contributed by atoms with Crippen molar-refractivity contribution in [1.82, 2.24) is 15.0 Å². The number of urea groups is 1. The molecule has 0 unspecified atom stereocenters. The Hall–Kier alpha value is -3.35. The SMILES string of the molecule is COc1cccc(-c2noc(C3CCN(C(=O)Nc4c(C(C)C)cccc4C(C)C)CC3)n2)c1. The summed E-state index contributed by atoms with van der Waals surface area (Å²) in [6.45, 7) is 9.92. The largest absolute Gasteiger partial charge is 0.497 e. The van der Waals surface area contributed by atoms with Gasteiger partial charge in [-0.05, 0) is 47.9 Å². The van der Waals surface area contributed by atoms with Gasteiger partial charge in [-0.1, -0.05) is 63.2 Å². The maximum absolute atomic E-state index is 13.2. The van der Waals surface area contributed by atoms with E-state index in [9.17, 15) is 4.79 Å². The van der Waals surface area contributed by atoms with E-state index in [0.29, 0.717) is 36.6 Å². The number of hydrogen-bond acceptors (Lipinski definition) is 5. The third-order valence-electron chi connectivity index (χ3n) is 6.51. The number of methoxy groups -OCH3 is 1. The van der Waals surface area contributed by atoms with Gasteiger partial charge in [-0.3, -0.25) is 0 Å². The summed E-state index contributed by atoms with van der Waals surface area (Å²) >= 11 is 0. The number of nitrogens with one attached hydrogen (secondary N) is 1. The van der Waals surface area contributed by atoms with E-state index in [0.717, 1.165) is 29.8 Å². The Morgan fingerprint density at radius 3 is 2.32 bits per heavy atom. The van der Waals surface area contributed by atoms with Crippen molar-refractivity contribution in [3.8, 4) is 17.1 Å². The van der Waals surface area contributed by atoms with Gasteiger partial charge in [0.1, 0.15) is 5.75 Å². The molecule has 1 fully saturated rings. The highest BCUT2D eigenvalue weighted by atomic mass is 16.5. The second-order valence-electron chi connectivity index (χ2n) is 9.50. The minimum atomic E-state index is -0.0453. The zero-order valence-electron chi connectivity index (χ0n) is 20.7. The van der Waals surface area contributed by atoms with E-state index >= 15 is 0 Å². The summed E-state index contributed by atoms with van der Waals surface area (Å²) in [5, 5.41) is 7.39. The average molecular weight is 463 g/mol. The molecular weight excluding hydrogens is 428 g/mol. The molecule has 34 heavy (non-hydrogen) atoms. The van der Waals surface area contributed by atoms with Gasteiger partial charge in [0.15, 0.2) is 0 Å². The zero-order valence-corrected chi connectivity index (χ0v) is 20.7. The first-order valence-electron chi connectivity index (χ1n) is 12.0. The number of benzene rings is 2. The van der Waals surface area contributed by atoms with Crippen LogP contribution in [0.15, 0.2) is 47.0 Å². The van der Waals surface area contributed by atoms with E-state index in [2.05, 4.69) is 61.4 Å². The molecule has 7 heteroatoms. The number of likely N-dealkylation sites (tertiary alicyclic amines) is 1. The van der Waals surface area contributed by atoms with Crippen LogP contribution in [0.3, 0.4) is 0 Å². The van der Waals surface area contributed by atoms with Gasteiger partial charge < -0.3 is 19.5 Å². The smallest absolute Gasteiger partial charge is 0.321 e. The molecule has 0 bridgehead atoms. The fraction of sp³-hybridized carbons (Fsp3) is 0.444. The summed E-state index contributed by atoms with van der Waals surface area (Å²) in [6.07, 6.45) is 1.58. The Labute approximate surface area is 201 Å². The number of anilines is 1. The summed E-state index contributed by atoms with van der Waals surface area (Å²) < 4.78 is 10.9. The molecular formula is C27H34N4O3. The Kier molecular flexibility index (Phi) is 7.20. The standard InChI is InChI=1S/C27H34N4O3/c1-17(2)22-10-7-11-23(18(3)4)24(22)28-27(32)31-14-12-19(13-15-31)26-29-25(30-34-26)20-8-6-9-21(16-20)33-5/h6-11,16-19H,12-15H2,1-5H3,(H,28,32). The van der Waals surface area contributed by atoms with Gasteiger partial charge in [0.25, 0.3) is 0 Å². The summed E-state index contributed by atoms with van der Waals surface area (Å²) in [5.41, 5.74) is 4.16. The molecule has 1 aromatic heterocycles. The summed E-state index contributed by atoms with van der Waals surface area (Å²) in [5.74, 6) is 2.74. The quantitative estimate of drug-likeness (QED) is 0.458. The van der Waals surface area contributed by atoms with E-state index in [4.69, 9.17) is 9.26 Å². The maximum Gasteiger partial charge on any atom is 0.321 e.